The van der Waals surface area contributed by atoms with Crippen LogP contribution in [0.5, 0.6) is 5.75 Å². The van der Waals surface area contributed by atoms with Gasteiger partial charge in [-0.3, -0.25) is 10.1 Å². The second-order valence-electron chi connectivity index (χ2n) is 2.95. The first-order valence-corrected chi connectivity index (χ1v) is 4.55. The normalized spacial score (nSPS) is 10.0. The standard InChI is InChI=1S/C11H10N2O3/c1-16-11-6-5-10(13(14)15)8-9(11)4-2-3-7-12/h2,4-6,8H,3H2,1H3. The second kappa shape index (κ2) is 5.51. The summed E-state index contributed by atoms with van der Waals surface area (Å²) >= 11 is 0. The van der Waals surface area contributed by atoms with Crippen LogP contribution in [0.1, 0.15) is 12.0 Å². The maximum Gasteiger partial charge on any atom is 0.270 e. The molecule has 82 valence electrons. The zero-order chi connectivity index (χ0) is 12.0. The van der Waals surface area contributed by atoms with Gasteiger partial charge in [0.25, 0.3) is 5.69 Å². The van der Waals surface area contributed by atoms with Crippen LogP contribution in [-0.4, -0.2) is 12.0 Å². The van der Waals surface area contributed by atoms with E-state index < -0.39 is 4.92 Å². The Hall–Kier alpha value is -2.35. The van der Waals surface area contributed by atoms with Crippen molar-refractivity contribution in [3.63, 3.8) is 0 Å². The summed E-state index contributed by atoms with van der Waals surface area (Å²) in [5.41, 5.74) is 0.587. The Morgan fingerprint density at radius 3 is 2.94 bits per heavy atom. The second-order valence-corrected chi connectivity index (χ2v) is 2.95. The van der Waals surface area contributed by atoms with Crippen LogP contribution in [0.3, 0.4) is 0 Å². The molecule has 1 rings (SSSR count). The van der Waals surface area contributed by atoms with E-state index in [0.717, 1.165) is 0 Å². The lowest BCUT2D eigenvalue weighted by Gasteiger charge is -2.03. The van der Waals surface area contributed by atoms with Gasteiger partial charge in [0.15, 0.2) is 0 Å². The van der Waals surface area contributed by atoms with E-state index >= 15 is 0 Å². The molecular formula is C11H10N2O3. The molecule has 16 heavy (non-hydrogen) atoms. The first-order chi connectivity index (χ1) is 7.69. The maximum absolute atomic E-state index is 10.6. The topological polar surface area (TPSA) is 76.2 Å². The summed E-state index contributed by atoms with van der Waals surface area (Å²) in [6, 6.07) is 6.27. The molecule has 0 saturated carbocycles. The maximum atomic E-state index is 10.6. The molecule has 0 aromatic heterocycles. The van der Waals surface area contributed by atoms with Gasteiger partial charge in [-0.15, -0.1) is 0 Å². The number of ether oxygens (including phenoxy) is 1. The number of nitriles is 1. The molecule has 0 spiro atoms. The third-order valence-electron chi connectivity index (χ3n) is 1.93. The van der Waals surface area contributed by atoms with Gasteiger partial charge in [0.2, 0.25) is 0 Å². The summed E-state index contributed by atoms with van der Waals surface area (Å²) in [4.78, 5) is 10.1. The average Bonchev–Trinajstić information content (AvgIpc) is 2.29. The summed E-state index contributed by atoms with van der Waals surface area (Å²) < 4.78 is 5.05. The van der Waals surface area contributed by atoms with E-state index in [1.54, 1.807) is 12.2 Å². The number of nitro groups is 1. The van der Waals surface area contributed by atoms with Crippen LogP contribution in [0.2, 0.25) is 0 Å². The number of rotatable bonds is 4. The van der Waals surface area contributed by atoms with Crippen molar-refractivity contribution in [2.75, 3.05) is 7.11 Å². The molecule has 0 N–H and O–H groups in total. The molecule has 5 nitrogen and oxygen atoms in total. The molecule has 0 atom stereocenters. The van der Waals surface area contributed by atoms with Crippen LogP contribution in [0.25, 0.3) is 6.08 Å². The Bertz CT molecular complexity index is 461. The third kappa shape index (κ3) is 2.82. The summed E-state index contributed by atoms with van der Waals surface area (Å²) in [6.45, 7) is 0. The van der Waals surface area contributed by atoms with E-state index in [2.05, 4.69) is 0 Å². The van der Waals surface area contributed by atoms with E-state index in [1.807, 2.05) is 6.07 Å². The number of non-ortho nitro benzene ring substituents is 1. The fourth-order valence-corrected chi connectivity index (χ4v) is 1.20. The van der Waals surface area contributed by atoms with Crippen LogP contribution in [0.4, 0.5) is 5.69 Å². The van der Waals surface area contributed by atoms with Crippen molar-refractivity contribution in [1.29, 1.82) is 5.26 Å². The van der Waals surface area contributed by atoms with E-state index in [0.29, 0.717) is 11.3 Å². The highest BCUT2D eigenvalue weighted by Crippen LogP contribution is 2.25. The molecule has 0 aliphatic heterocycles. The number of nitrogens with zero attached hydrogens (tertiary/aromatic N) is 2. The minimum absolute atomic E-state index is 0.00240. The lowest BCUT2D eigenvalue weighted by Crippen LogP contribution is -1.91. The van der Waals surface area contributed by atoms with Crippen LogP contribution in [0, 0.1) is 21.4 Å². The van der Waals surface area contributed by atoms with Gasteiger partial charge >= 0.3 is 0 Å². The van der Waals surface area contributed by atoms with Crippen molar-refractivity contribution in [1.82, 2.24) is 0 Å². The van der Waals surface area contributed by atoms with Crippen molar-refractivity contribution < 1.29 is 9.66 Å². The Labute approximate surface area is 92.7 Å². The number of hydrogen-bond acceptors (Lipinski definition) is 4. The average molecular weight is 218 g/mol. The van der Waals surface area contributed by atoms with Gasteiger partial charge < -0.3 is 4.74 Å². The fraction of sp³-hybridized carbons (Fsp3) is 0.182. The predicted octanol–water partition coefficient (Wildman–Crippen LogP) is 2.53. The van der Waals surface area contributed by atoms with Gasteiger partial charge in [-0.2, -0.15) is 5.26 Å². The number of nitro benzene ring substituents is 1. The van der Waals surface area contributed by atoms with E-state index in [4.69, 9.17) is 10.00 Å². The van der Waals surface area contributed by atoms with Crippen LogP contribution in [-0.2, 0) is 0 Å². The lowest BCUT2D eigenvalue weighted by atomic mass is 10.1. The molecule has 0 unspecified atom stereocenters. The Balaban J connectivity index is 3.08. The molecule has 0 fully saturated rings. The highest BCUT2D eigenvalue weighted by molar-refractivity contribution is 5.61. The van der Waals surface area contributed by atoms with Gasteiger partial charge in [-0.25, -0.2) is 0 Å². The van der Waals surface area contributed by atoms with E-state index in [9.17, 15) is 10.1 Å². The molecule has 0 amide bonds. The van der Waals surface area contributed by atoms with Crippen LogP contribution >= 0.6 is 0 Å². The van der Waals surface area contributed by atoms with Crippen LogP contribution < -0.4 is 4.74 Å². The monoisotopic (exact) mass is 218 g/mol. The smallest absolute Gasteiger partial charge is 0.270 e. The number of hydrogen-bond donors (Lipinski definition) is 0. The van der Waals surface area contributed by atoms with Crippen LogP contribution in [0.15, 0.2) is 24.3 Å². The Morgan fingerprint density at radius 2 is 2.38 bits per heavy atom. The number of methoxy groups -OCH3 is 1. The highest BCUT2D eigenvalue weighted by Gasteiger charge is 2.08. The van der Waals surface area contributed by atoms with E-state index in [1.165, 1.54) is 25.3 Å². The molecule has 0 heterocycles. The highest BCUT2D eigenvalue weighted by atomic mass is 16.6. The minimum Gasteiger partial charge on any atom is -0.496 e. The SMILES string of the molecule is COc1ccc([N+](=O)[O-])cc1C=CCC#N. The zero-order valence-corrected chi connectivity index (χ0v) is 8.71. The number of allylic oxidation sites excluding steroid dienone is 1. The van der Waals surface area contributed by atoms with Gasteiger partial charge in [-0.1, -0.05) is 12.2 Å². The summed E-state index contributed by atoms with van der Waals surface area (Å²) in [6.07, 6.45) is 3.52. The first kappa shape index (κ1) is 11.7. The van der Waals surface area contributed by atoms with Crippen molar-refractivity contribution in [2.24, 2.45) is 0 Å². The zero-order valence-electron chi connectivity index (χ0n) is 8.71. The quantitative estimate of drug-likeness (QED) is 0.574. The molecule has 0 bridgehead atoms. The first-order valence-electron chi connectivity index (χ1n) is 4.55. The molecule has 5 heteroatoms. The molecule has 1 aromatic carbocycles. The largest absolute Gasteiger partial charge is 0.496 e. The summed E-state index contributed by atoms with van der Waals surface area (Å²) in [5.74, 6) is 0.541. The molecule has 0 radical (unpaired) electrons. The Kier molecular flexibility index (Phi) is 4.04. The molecule has 0 aliphatic carbocycles. The summed E-state index contributed by atoms with van der Waals surface area (Å²) in [7, 11) is 1.49. The van der Waals surface area contributed by atoms with Crippen molar-refractivity contribution in [3.05, 3.63) is 40.0 Å². The molecule has 0 aliphatic rings. The molecule has 0 saturated heterocycles. The molecular weight excluding hydrogens is 208 g/mol. The van der Waals surface area contributed by atoms with Crippen molar-refractivity contribution >= 4 is 11.8 Å². The third-order valence-corrected chi connectivity index (χ3v) is 1.93. The van der Waals surface area contributed by atoms with E-state index in [-0.39, 0.29) is 12.1 Å². The van der Waals surface area contributed by atoms with Gasteiger partial charge in [0.1, 0.15) is 5.75 Å². The lowest BCUT2D eigenvalue weighted by molar-refractivity contribution is -0.384. The number of benzene rings is 1. The van der Waals surface area contributed by atoms with Crippen molar-refractivity contribution in [3.8, 4) is 11.8 Å². The summed E-state index contributed by atoms with van der Waals surface area (Å²) in [5, 5.41) is 18.9. The minimum atomic E-state index is -0.471. The Morgan fingerprint density at radius 1 is 1.62 bits per heavy atom. The van der Waals surface area contributed by atoms with Gasteiger partial charge in [0, 0.05) is 17.7 Å². The predicted molar refractivity (Wildman–Crippen MR) is 58.9 cm³/mol. The van der Waals surface area contributed by atoms with Gasteiger partial charge in [0.05, 0.1) is 24.5 Å². The van der Waals surface area contributed by atoms with Crippen molar-refractivity contribution in [2.45, 2.75) is 6.42 Å². The van der Waals surface area contributed by atoms with Gasteiger partial charge in [-0.05, 0) is 6.07 Å². The fourth-order valence-electron chi connectivity index (χ4n) is 1.20. The molecule has 1 aromatic rings.